The number of phosphoric ester groups is 1. The molecule has 1 aliphatic heterocycles. The molecule has 0 radical (unpaired) electrons. The maximum Gasteiger partial charge on any atom is 0.469 e. The van der Waals surface area contributed by atoms with Crippen LogP contribution in [-0.4, -0.2) is 76.3 Å². The molecular weight excluding hydrogens is 335 g/mol. The van der Waals surface area contributed by atoms with E-state index in [1.54, 1.807) is 12.5 Å². The number of aliphatic hydroxyl groups excluding tert-OH is 3. The van der Waals surface area contributed by atoms with Gasteiger partial charge in [-0.2, -0.15) is 0 Å². The molecule has 0 aromatic carbocycles. The molecule has 0 spiro atoms. The number of aromatic amines is 1. The smallest absolute Gasteiger partial charge is 0.387 e. The average molecular weight is 350 g/mol. The number of phosphoric acid groups is 1. The summed E-state index contributed by atoms with van der Waals surface area (Å²) in [5.74, 6) is 0. The van der Waals surface area contributed by atoms with Gasteiger partial charge in [-0.15, -0.1) is 0 Å². The van der Waals surface area contributed by atoms with E-state index >= 15 is 0 Å². The number of ether oxygens (including phenoxy) is 1. The van der Waals surface area contributed by atoms with Crippen LogP contribution in [0, 0.1) is 0 Å². The fraction of sp³-hybridized carbons (Fsp3) is 0.500. The molecule has 0 amide bonds. The predicted octanol–water partition coefficient (Wildman–Crippen LogP) is -2.11. The summed E-state index contributed by atoms with van der Waals surface area (Å²) in [5.41, 5.74) is 1.59. The van der Waals surface area contributed by atoms with Crippen LogP contribution in [0.15, 0.2) is 18.9 Å². The highest BCUT2D eigenvalue weighted by Gasteiger charge is 2.42. The number of H-pyrrole nitrogens is 1. The monoisotopic (exact) mass is 350 g/mol. The minimum Gasteiger partial charge on any atom is -0.387 e. The Hall–Kier alpha value is -1.50. The third kappa shape index (κ3) is 4.99. The molecule has 2 aromatic heterocycles. The minimum atomic E-state index is -4.64. The van der Waals surface area contributed by atoms with Crippen molar-refractivity contribution in [3.05, 3.63) is 18.9 Å². The quantitative estimate of drug-likeness (QED) is 0.332. The number of nitrogens with one attached hydrogen (secondary N) is 1. The van der Waals surface area contributed by atoms with Crippen LogP contribution in [0.3, 0.4) is 0 Å². The van der Waals surface area contributed by atoms with Gasteiger partial charge in [0, 0.05) is 0 Å². The second kappa shape index (κ2) is 7.38. The second-order valence-electron chi connectivity index (χ2n) is 4.50. The zero-order valence-corrected chi connectivity index (χ0v) is 12.4. The average Bonchev–Trinajstić information content (AvgIpc) is 3.06. The van der Waals surface area contributed by atoms with Crippen LogP contribution >= 0.6 is 7.82 Å². The Morgan fingerprint density at radius 2 is 2.00 bits per heavy atom. The van der Waals surface area contributed by atoms with E-state index in [0.29, 0.717) is 5.65 Å². The number of hydrogen-bond acceptors (Lipinski definition) is 9. The summed E-state index contributed by atoms with van der Waals surface area (Å²) in [6.07, 6.45) is -0.905. The molecule has 13 heteroatoms. The normalized spacial score (nSPS) is 27.7. The number of fused-ring (bicyclic) bond motifs is 1. The molecule has 3 rings (SSSR count). The molecule has 1 fully saturated rings. The van der Waals surface area contributed by atoms with Gasteiger partial charge >= 0.3 is 7.82 Å². The Bertz CT molecular complexity index is 647. The Balaban J connectivity index is 0.000000182. The molecule has 2 aromatic rings. The zero-order chi connectivity index (χ0) is 17.0. The van der Waals surface area contributed by atoms with Crippen molar-refractivity contribution in [2.24, 2.45) is 0 Å². The third-order valence-corrected chi connectivity index (χ3v) is 3.33. The first-order valence-corrected chi connectivity index (χ1v) is 7.80. The summed E-state index contributed by atoms with van der Waals surface area (Å²) < 4.78 is 18.9. The van der Waals surface area contributed by atoms with Crippen LogP contribution in [-0.2, 0) is 13.8 Å². The molecule has 0 bridgehead atoms. The number of hydrogen-bond donors (Lipinski definition) is 6. The lowest BCUT2D eigenvalue weighted by molar-refractivity contribution is -0.132. The molecule has 12 nitrogen and oxygen atoms in total. The summed E-state index contributed by atoms with van der Waals surface area (Å²) >= 11 is 0. The van der Waals surface area contributed by atoms with Crippen molar-refractivity contribution in [3.63, 3.8) is 0 Å². The maximum atomic E-state index is 10.3. The van der Waals surface area contributed by atoms with Crippen molar-refractivity contribution in [1.29, 1.82) is 0 Å². The predicted molar refractivity (Wildman–Crippen MR) is 72.6 cm³/mol. The van der Waals surface area contributed by atoms with Crippen LogP contribution in [0.1, 0.15) is 0 Å². The van der Waals surface area contributed by atoms with E-state index < -0.39 is 39.0 Å². The molecule has 128 valence electrons. The van der Waals surface area contributed by atoms with E-state index in [1.165, 1.54) is 6.33 Å². The number of aliphatic hydroxyl groups is 3. The molecular formula is C10H15N4O8P. The van der Waals surface area contributed by atoms with Crippen molar-refractivity contribution in [2.45, 2.75) is 24.6 Å². The SMILES string of the molecule is O=P(O)(O)OC[C@H]1OC(O)[C@@H](O)[C@@H]1O.c1ncc2[nH]cnc2n1. The molecule has 1 unspecified atom stereocenters. The van der Waals surface area contributed by atoms with Gasteiger partial charge in [0.2, 0.25) is 0 Å². The van der Waals surface area contributed by atoms with Crippen molar-refractivity contribution in [3.8, 4) is 0 Å². The number of aromatic nitrogens is 4. The first-order chi connectivity index (χ1) is 10.8. The third-order valence-electron chi connectivity index (χ3n) is 2.84. The maximum absolute atomic E-state index is 10.3. The molecule has 23 heavy (non-hydrogen) atoms. The van der Waals surface area contributed by atoms with Crippen LogP contribution in [0.2, 0.25) is 0 Å². The highest BCUT2D eigenvalue weighted by atomic mass is 31.2. The van der Waals surface area contributed by atoms with Crippen LogP contribution < -0.4 is 0 Å². The molecule has 1 saturated heterocycles. The van der Waals surface area contributed by atoms with Gasteiger partial charge in [-0.25, -0.2) is 19.5 Å². The van der Waals surface area contributed by atoms with Crippen molar-refractivity contribution < 1.29 is 38.9 Å². The summed E-state index contributed by atoms with van der Waals surface area (Å²) in [6.45, 7) is -0.612. The van der Waals surface area contributed by atoms with Crippen molar-refractivity contribution in [1.82, 2.24) is 19.9 Å². The molecule has 4 atom stereocenters. The van der Waals surface area contributed by atoms with Crippen molar-refractivity contribution >= 4 is 19.0 Å². The highest BCUT2D eigenvalue weighted by Crippen LogP contribution is 2.36. The summed E-state index contributed by atoms with van der Waals surface area (Å²) in [7, 11) is -4.64. The van der Waals surface area contributed by atoms with E-state index in [1.807, 2.05) is 0 Å². The lowest BCUT2D eigenvalue weighted by atomic mass is 10.1. The van der Waals surface area contributed by atoms with Crippen LogP contribution in [0.4, 0.5) is 0 Å². The Morgan fingerprint density at radius 3 is 2.57 bits per heavy atom. The second-order valence-corrected chi connectivity index (χ2v) is 5.73. The zero-order valence-electron chi connectivity index (χ0n) is 11.5. The van der Waals surface area contributed by atoms with Gasteiger partial charge in [0.1, 0.15) is 30.2 Å². The van der Waals surface area contributed by atoms with Crippen LogP contribution in [0.5, 0.6) is 0 Å². The molecule has 1 aliphatic rings. The summed E-state index contributed by atoms with van der Waals surface area (Å²) in [5, 5.41) is 27.0. The fourth-order valence-electron chi connectivity index (χ4n) is 1.73. The van der Waals surface area contributed by atoms with Gasteiger partial charge in [-0.05, 0) is 0 Å². The Labute approximate surface area is 129 Å². The van der Waals surface area contributed by atoms with Crippen LogP contribution in [0.25, 0.3) is 11.2 Å². The van der Waals surface area contributed by atoms with Gasteiger partial charge in [0.05, 0.1) is 19.1 Å². The number of rotatable bonds is 3. The van der Waals surface area contributed by atoms with Gasteiger partial charge in [0.15, 0.2) is 11.9 Å². The van der Waals surface area contributed by atoms with Gasteiger partial charge < -0.3 is 34.8 Å². The molecule has 0 saturated carbocycles. The van der Waals surface area contributed by atoms with E-state index in [2.05, 4.69) is 29.2 Å². The molecule has 0 aliphatic carbocycles. The first-order valence-electron chi connectivity index (χ1n) is 6.27. The number of imidazole rings is 1. The van der Waals surface area contributed by atoms with E-state index in [-0.39, 0.29) is 0 Å². The minimum absolute atomic E-state index is 0.612. The lowest BCUT2D eigenvalue weighted by Crippen LogP contribution is -2.34. The van der Waals surface area contributed by atoms with E-state index in [0.717, 1.165) is 5.52 Å². The molecule has 3 heterocycles. The highest BCUT2D eigenvalue weighted by molar-refractivity contribution is 7.46. The standard InChI is InChI=1S/C5H4N4.C5H11O8P/c1-4-5(8-2-6-1)9-3-7-4;6-3-2(1-12-14(9,10)11)13-5(8)4(3)7/h1-3H,(H,6,7,8,9);2-8H,1H2,(H2,9,10,11)/t;2-,3-,4+,5?/m.1/s1. The van der Waals surface area contributed by atoms with Gasteiger partial charge in [-0.3, -0.25) is 4.52 Å². The van der Waals surface area contributed by atoms with Gasteiger partial charge in [-0.1, -0.05) is 0 Å². The molecule has 6 N–H and O–H groups in total. The number of nitrogens with zero attached hydrogens (tertiary/aromatic N) is 3. The van der Waals surface area contributed by atoms with Gasteiger partial charge in [0.25, 0.3) is 0 Å². The lowest BCUT2D eigenvalue weighted by Gasteiger charge is -2.14. The largest absolute Gasteiger partial charge is 0.469 e. The Kier molecular flexibility index (Phi) is 5.73. The van der Waals surface area contributed by atoms with E-state index in [9.17, 15) is 4.57 Å². The van der Waals surface area contributed by atoms with E-state index in [4.69, 9.17) is 25.1 Å². The fourth-order valence-corrected chi connectivity index (χ4v) is 2.07. The van der Waals surface area contributed by atoms with Crippen molar-refractivity contribution in [2.75, 3.05) is 6.61 Å². The summed E-state index contributed by atoms with van der Waals surface area (Å²) in [4.78, 5) is 31.1. The summed E-state index contributed by atoms with van der Waals surface area (Å²) in [6, 6.07) is 0. The first kappa shape index (κ1) is 17.8. The Morgan fingerprint density at radius 1 is 1.26 bits per heavy atom. The topological polar surface area (TPSA) is 191 Å².